The third kappa shape index (κ3) is 4.37. The maximum Gasteiger partial charge on any atom is 0.261 e. The molecule has 4 rings (SSSR count). The molecule has 1 N–H and O–H groups in total. The van der Waals surface area contributed by atoms with Crippen molar-refractivity contribution in [1.29, 1.82) is 0 Å². The normalized spacial score (nSPS) is 12.4. The molecule has 0 aliphatic carbocycles. The molecule has 0 aliphatic rings. The second-order valence-corrected chi connectivity index (χ2v) is 8.27. The predicted octanol–water partition coefficient (Wildman–Crippen LogP) is 3.86. The first kappa shape index (κ1) is 19.3. The van der Waals surface area contributed by atoms with Crippen LogP contribution in [0.4, 0.5) is 4.39 Å². The lowest BCUT2D eigenvalue weighted by atomic mass is 10.2. The maximum absolute atomic E-state index is 13.1. The van der Waals surface area contributed by atoms with Crippen LogP contribution in [-0.4, -0.2) is 32.0 Å². The molecule has 1 atom stereocenters. The molecule has 6 nitrogen and oxygen atoms in total. The van der Waals surface area contributed by atoms with Crippen molar-refractivity contribution in [3.63, 3.8) is 0 Å². The van der Waals surface area contributed by atoms with Crippen molar-refractivity contribution in [3.8, 4) is 0 Å². The lowest BCUT2D eigenvalue weighted by Crippen LogP contribution is -2.29. The number of hydrogen-bond donors (Lipinski definition) is 1. The van der Waals surface area contributed by atoms with Crippen LogP contribution >= 0.6 is 11.3 Å². The zero-order chi connectivity index (χ0) is 20.4. The molecule has 0 unspecified atom stereocenters. The van der Waals surface area contributed by atoms with Gasteiger partial charge in [0.15, 0.2) is 0 Å². The van der Waals surface area contributed by atoms with E-state index < -0.39 is 0 Å². The van der Waals surface area contributed by atoms with Crippen molar-refractivity contribution in [2.45, 2.75) is 26.9 Å². The number of thiophene rings is 1. The number of nitrogens with one attached hydrogen (secondary N) is 1. The number of rotatable bonds is 7. The second kappa shape index (κ2) is 8.16. The lowest BCUT2D eigenvalue weighted by Gasteiger charge is -2.12. The number of hydrogen-bond acceptors (Lipinski definition) is 4. The van der Waals surface area contributed by atoms with E-state index in [0.29, 0.717) is 18.0 Å². The number of nitrogens with zero attached hydrogens (tertiary/aromatic N) is 4. The molecule has 0 radical (unpaired) electrons. The molecule has 0 fully saturated rings. The zero-order valence-corrected chi connectivity index (χ0v) is 17.1. The lowest BCUT2D eigenvalue weighted by molar-refractivity contribution is 0.0950. The Balaban J connectivity index is 1.45. The standard InChI is InChI=1S/C21H22FN5OS/c1-14(12-26-9-3-8-24-26)11-23-20(28)19-10-18-15(2)25-27(21(18)29-19)13-16-4-6-17(22)7-5-16/h3-10,14H,11-13H2,1-2H3,(H,23,28)/t14-/m0/s1. The molecule has 0 bridgehead atoms. The summed E-state index contributed by atoms with van der Waals surface area (Å²) in [7, 11) is 0. The van der Waals surface area contributed by atoms with Gasteiger partial charge >= 0.3 is 0 Å². The van der Waals surface area contributed by atoms with Crippen molar-refractivity contribution in [2.24, 2.45) is 5.92 Å². The van der Waals surface area contributed by atoms with Crippen LogP contribution in [0.1, 0.15) is 27.9 Å². The Morgan fingerprint density at radius 1 is 1.31 bits per heavy atom. The van der Waals surface area contributed by atoms with E-state index in [1.165, 1.54) is 23.5 Å². The number of amides is 1. The van der Waals surface area contributed by atoms with Gasteiger partial charge in [-0.05, 0) is 42.7 Å². The molecule has 0 saturated carbocycles. The fourth-order valence-corrected chi connectivity index (χ4v) is 4.32. The van der Waals surface area contributed by atoms with E-state index in [9.17, 15) is 9.18 Å². The number of benzene rings is 1. The van der Waals surface area contributed by atoms with E-state index in [1.54, 1.807) is 18.3 Å². The first-order valence-corrected chi connectivity index (χ1v) is 10.3. The van der Waals surface area contributed by atoms with Crippen molar-refractivity contribution >= 4 is 27.5 Å². The SMILES string of the molecule is Cc1nn(Cc2ccc(F)cc2)c2sc(C(=O)NC[C@H](C)Cn3cccn3)cc12. The highest BCUT2D eigenvalue weighted by molar-refractivity contribution is 7.20. The summed E-state index contributed by atoms with van der Waals surface area (Å²) < 4.78 is 16.9. The highest BCUT2D eigenvalue weighted by Crippen LogP contribution is 2.29. The largest absolute Gasteiger partial charge is 0.351 e. The van der Waals surface area contributed by atoms with Gasteiger partial charge in [0, 0.05) is 30.9 Å². The van der Waals surface area contributed by atoms with Gasteiger partial charge in [0.25, 0.3) is 5.91 Å². The third-order valence-corrected chi connectivity index (χ3v) is 5.89. The van der Waals surface area contributed by atoms with E-state index >= 15 is 0 Å². The van der Waals surface area contributed by atoms with Crippen LogP contribution in [0.3, 0.4) is 0 Å². The summed E-state index contributed by atoms with van der Waals surface area (Å²) >= 11 is 1.43. The zero-order valence-electron chi connectivity index (χ0n) is 16.3. The smallest absolute Gasteiger partial charge is 0.261 e. The quantitative estimate of drug-likeness (QED) is 0.502. The van der Waals surface area contributed by atoms with E-state index in [2.05, 4.69) is 22.4 Å². The van der Waals surface area contributed by atoms with Crippen molar-refractivity contribution < 1.29 is 9.18 Å². The number of halogens is 1. The second-order valence-electron chi connectivity index (χ2n) is 7.24. The number of carbonyl (C=O) groups is 1. The molecule has 3 heterocycles. The fraction of sp³-hybridized carbons (Fsp3) is 0.286. The predicted molar refractivity (Wildman–Crippen MR) is 112 cm³/mol. The molecule has 0 spiro atoms. The molecule has 29 heavy (non-hydrogen) atoms. The molecule has 0 aliphatic heterocycles. The van der Waals surface area contributed by atoms with Crippen LogP contribution in [0.2, 0.25) is 0 Å². The van der Waals surface area contributed by atoms with Crippen LogP contribution in [0.5, 0.6) is 0 Å². The average Bonchev–Trinajstić information content (AvgIpc) is 3.41. The molecule has 1 aromatic carbocycles. The van der Waals surface area contributed by atoms with E-state index in [4.69, 9.17) is 0 Å². The molecular formula is C21H22FN5OS. The van der Waals surface area contributed by atoms with Gasteiger partial charge in [0.05, 0.1) is 17.1 Å². The van der Waals surface area contributed by atoms with E-state index in [-0.39, 0.29) is 17.6 Å². The minimum absolute atomic E-state index is 0.0775. The van der Waals surface area contributed by atoms with Crippen LogP contribution < -0.4 is 5.32 Å². The molecule has 3 aromatic heterocycles. The summed E-state index contributed by atoms with van der Waals surface area (Å²) in [5.41, 5.74) is 1.84. The van der Waals surface area contributed by atoms with Gasteiger partial charge in [-0.25, -0.2) is 4.39 Å². The highest BCUT2D eigenvalue weighted by Gasteiger charge is 2.17. The number of fused-ring (bicyclic) bond motifs is 1. The number of aromatic nitrogens is 4. The fourth-order valence-electron chi connectivity index (χ4n) is 3.24. The van der Waals surface area contributed by atoms with Gasteiger partial charge in [-0.2, -0.15) is 10.2 Å². The molecule has 1 amide bonds. The monoisotopic (exact) mass is 411 g/mol. The Morgan fingerprint density at radius 2 is 2.10 bits per heavy atom. The van der Waals surface area contributed by atoms with Crippen molar-refractivity contribution in [2.75, 3.05) is 6.54 Å². The minimum Gasteiger partial charge on any atom is -0.351 e. The van der Waals surface area contributed by atoms with Gasteiger partial charge in [0.2, 0.25) is 0 Å². The van der Waals surface area contributed by atoms with Crippen LogP contribution in [0.25, 0.3) is 10.2 Å². The Kier molecular flexibility index (Phi) is 5.44. The number of aryl methyl sites for hydroxylation is 1. The molecule has 4 aromatic rings. The van der Waals surface area contributed by atoms with Gasteiger partial charge in [0.1, 0.15) is 10.6 Å². The molecule has 150 valence electrons. The van der Waals surface area contributed by atoms with E-state index in [1.807, 2.05) is 34.6 Å². The summed E-state index contributed by atoms with van der Waals surface area (Å²) in [6, 6.07) is 10.2. The molecular weight excluding hydrogens is 389 g/mol. The van der Waals surface area contributed by atoms with Gasteiger partial charge in [-0.1, -0.05) is 19.1 Å². The molecule has 0 saturated heterocycles. The van der Waals surface area contributed by atoms with Gasteiger partial charge in [-0.15, -0.1) is 11.3 Å². The summed E-state index contributed by atoms with van der Waals surface area (Å²) in [6.07, 6.45) is 3.67. The average molecular weight is 412 g/mol. The van der Waals surface area contributed by atoms with Crippen LogP contribution in [0, 0.1) is 18.7 Å². The van der Waals surface area contributed by atoms with Gasteiger partial charge < -0.3 is 5.32 Å². The third-order valence-electron chi connectivity index (χ3n) is 4.75. The van der Waals surface area contributed by atoms with Crippen molar-refractivity contribution in [3.05, 3.63) is 70.7 Å². The summed E-state index contributed by atoms with van der Waals surface area (Å²) in [6.45, 7) is 5.88. The Morgan fingerprint density at radius 3 is 2.83 bits per heavy atom. The first-order chi connectivity index (χ1) is 14.0. The van der Waals surface area contributed by atoms with Crippen molar-refractivity contribution in [1.82, 2.24) is 24.9 Å². The van der Waals surface area contributed by atoms with Crippen LogP contribution in [-0.2, 0) is 13.1 Å². The summed E-state index contributed by atoms with van der Waals surface area (Å²) in [5.74, 6) is -0.0670. The van der Waals surface area contributed by atoms with Crippen LogP contribution in [0.15, 0.2) is 48.8 Å². The summed E-state index contributed by atoms with van der Waals surface area (Å²) in [4.78, 5) is 14.3. The Bertz CT molecular complexity index is 1110. The molecule has 8 heteroatoms. The highest BCUT2D eigenvalue weighted by atomic mass is 32.1. The summed E-state index contributed by atoms with van der Waals surface area (Å²) in [5, 5.41) is 12.8. The Labute approximate surface area is 172 Å². The van der Waals surface area contributed by atoms with Gasteiger partial charge in [-0.3, -0.25) is 14.2 Å². The minimum atomic E-state index is -0.257. The number of carbonyl (C=O) groups excluding carboxylic acids is 1. The topological polar surface area (TPSA) is 64.7 Å². The maximum atomic E-state index is 13.1. The Hall–Kier alpha value is -3.00. The van der Waals surface area contributed by atoms with E-state index in [0.717, 1.165) is 28.0 Å². The first-order valence-electron chi connectivity index (χ1n) is 9.46.